The van der Waals surface area contributed by atoms with E-state index in [4.69, 9.17) is 27.9 Å². The summed E-state index contributed by atoms with van der Waals surface area (Å²) >= 11 is 12.2. The molecule has 4 nitrogen and oxygen atoms in total. The molecule has 1 amide bonds. The van der Waals surface area contributed by atoms with E-state index in [9.17, 15) is 4.79 Å². The molecule has 1 heterocycles. The second-order valence-corrected chi connectivity index (χ2v) is 6.97. The van der Waals surface area contributed by atoms with Crippen LogP contribution in [0.25, 0.3) is 0 Å². The Bertz CT molecular complexity index is 729. The molecule has 25 heavy (non-hydrogen) atoms. The maximum absolute atomic E-state index is 12.5. The highest BCUT2D eigenvalue weighted by Gasteiger charge is 2.24. The molecule has 1 unspecified atom stereocenters. The van der Waals surface area contributed by atoms with Gasteiger partial charge in [0.15, 0.2) is 5.75 Å². The van der Waals surface area contributed by atoms with Crippen LogP contribution in [0.15, 0.2) is 42.5 Å². The van der Waals surface area contributed by atoms with Crippen molar-refractivity contribution >= 4 is 29.1 Å². The maximum atomic E-state index is 12.5. The summed E-state index contributed by atoms with van der Waals surface area (Å²) in [7, 11) is 1.49. The van der Waals surface area contributed by atoms with Crippen LogP contribution in [0.2, 0.25) is 10.0 Å². The molecule has 3 rings (SSSR count). The van der Waals surface area contributed by atoms with Crippen molar-refractivity contribution in [3.8, 4) is 5.75 Å². The van der Waals surface area contributed by atoms with Crippen LogP contribution >= 0.6 is 23.2 Å². The van der Waals surface area contributed by atoms with Crippen molar-refractivity contribution in [2.45, 2.75) is 19.0 Å². The molecule has 0 bridgehead atoms. The fourth-order valence-electron chi connectivity index (χ4n) is 3.09. The van der Waals surface area contributed by atoms with E-state index < -0.39 is 0 Å². The smallest absolute Gasteiger partial charge is 0.251 e. The third-order valence-electron chi connectivity index (χ3n) is 4.32. The number of carbonyl (C=O) groups excluding carboxylic acids is 1. The number of nitrogens with zero attached hydrogens (tertiary/aromatic N) is 1. The third-order valence-corrected chi connectivity index (χ3v) is 4.88. The summed E-state index contributed by atoms with van der Waals surface area (Å²) < 4.78 is 5.11. The van der Waals surface area contributed by atoms with Crippen molar-refractivity contribution < 1.29 is 9.53 Å². The number of methoxy groups -OCH3 is 1. The maximum Gasteiger partial charge on any atom is 0.251 e. The van der Waals surface area contributed by atoms with Gasteiger partial charge < -0.3 is 10.1 Å². The van der Waals surface area contributed by atoms with Crippen LogP contribution in [0.4, 0.5) is 0 Å². The second kappa shape index (κ2) is 8.09. The highest BCUT2D eigenvalue weighted by Crippen LogP contribution is 2.33. The van der Waals surface area contributed by atoms with E-state index in [1.807, 2.05) is 18.2 Å². The minimum Gasteiger partial charge on any atom is -0.494 e. The molecule has 132 valence electrons. The molecule has 1 aliphatic rings. The number of carbonyl (C=O) groups is 1. The van der Waals surface area contributed by atoms with Crippen LogP contribution in [0.5, 0.6) is 5.75 Å². The average molecular weight is 379 g/mol. The zero-order chi connectivity index (χ0) is 17.8. The van der Waals surface area contributed by atoms with Gasteiger partial charge in [0.25, 0.3) is 5.91 Å². The molecule has 1 saturated heterocycles. The van der Waals surface area contributed by atoms with Gasteiger partial charge in [0, 0.05) is 31.2 Å². The predicted molar refractivity (Wildman–Crippen MR) is 101 cm³/mol. The van der Waals surface area contributed by atoms with Gasteiger partial charge in [-0.2, -0.15) is 0 Å². The fraction of sp³-hybridized carbons (Fsp3) is 0.316. The number of ether oxygens (including phenoxy) is 1. The largest absolute Gasteiger partial charge is 0.494 e. The lowest BCUT2D eigenvalue weighted by Gasteiger charge is -2.17. The van der Waals surface area contributed by atoms with Crippen LogP contribution < -0.4 is 10.1 Å². The molecule has 6 heteroatoms. The number of hydrogen-bond acceptors (Lipinski definition) is 3. The molecular weight excluding hydrogens is 359 g/mol. The topological polar surface area (TPSA) is 41.6 Å². The molecule has 0 spiro atoms. The molecule has 2 aromatic carbocycles. The van der Waals surface area contributed by atoms with Crippen LogP contribution in [-0.4, -0.2) is 37.0 Å². The monoisotopic (exact) mass is 378 g/mol. The Morgan fingerprint density at radius 3 is 2.56 bits per heavy atom. The zero-order valence-corrected chi connectivity index (χ0v) is 15.5. The quantitative estimate of drug-likeness (QED) is 0.854. The van der Waals surface area contributed by atoms with Crippen LogP contribution in [0.3, 0.4) is 0 Å². The second-order valence-electron chi connectivity index (χ2n) is 6.15. The molecule has 2 aromatic rings. The number of amides is 1. The molecule has 0 aromatic heterocycles. The normalized spacial score (nSPS) is 17.5. The van der Waals surface area contributed by atoms with E-state index in [2.05, 4.69) is 22.3 Å². The van der Waals surface area contributed by atoms with Gasteiger partial charge >= 0.3 is 0 Å². The summed E-state index contributed by atoms with van der Waals surface area (Å²) in [4.78, 5) is 14.8. The van der Waals surface area contributed by atoms with Crippen molar-refractivity contribution in [3.63, 3.8) is 0 Å². The number of likely N-dealkylation sites (tertiary alicyclic amines) is 1. The predicted octanol–water partition coefficient (Wildman–Crippen LogP) is 4.01. The van der Waals surface area contributed by atoms with E-state index in [1.54, 1.807) is 12.1 Å². The average Bonchev–Trinajstić information content (AvgIpc) is 3.02. The van der Waals surface area contributed by atoms with Crippen molar-refractivity contribution in [2.24, 2.45) is 0 Å². The van der Waals surface area contributed by atoms with Crippen molar-refractivity contribution in [1.82, 2.24) is 10.2 Å². The summed E-state index contributed by atoms with van der Waals surface area (Å²) in [5.41, 5.74) is 1.72. The van der Waals surface area contributed by atoms with Crippen LogP contribution in [-0.2, 0) is 6.54 Å². The molecule has 0 saturated carbocycles. The Labute approximate surface area is 157 Å². The molecule has 1 aliphatic heterocycles. The molecule has 1 atom stereocenters. The number of benzene rings is 2. The number of nitrogens with one attached hydrogen (secondary N) is 1. The van der Waals surface area contributed by atoms with Crippen molar-refractivity contribution in [2.75, 3.05) is 20.2 Å². The minimum atomic E-state index is -0.169. The Morgan fingerprint density at radius 2 is 1.92 bits per heavy atom. The Kier molecular flexibility index (Phi) is 5.84. The molecule has 0 radical (unpaired) electrons. The molecule has 0 aliphatic carbocycles. The first-order chi connectivity index (χ1) is 12.1. The Morgan fingerprint density at radius 1 is 1.24 bits per heavy atom. The lowest BCUT2D eigenvalue weighted by molar-refractivity contribution is 0.0937. The Hall–Kier alpha value is -1.75. The third kappa shape index (κ3) is 4.46. The zero-order valence-electron chi connectivity index (χ0n) is 14.0. The number of halogens is 2. The number of rotatable bonds is 5. The summed E-state index contributed by atoms with van der Waals surface area (Å²) in [5.74, 6) is 0.216. The summed E-state index contributed by atoms with van der Waals surface area (Å²) in [6, 6.07) is 13.6. The lowest BCUT2D eigenvalue weighted by atomic mass is 10.1. The van der Waals surface area contributed by atoms with E-state index in [0.29, 0.717) is 21.4 Å². The minimum absolute atomic E-state index is 0.121. The first-order valence-electron chi connectivity index (χ1n) is 8.17. The first kappa shape index (κ1) is 18.1. The van der Waals surface area contributed by atoms with E-state index in [1.165, 1.54) is 12.7 Å². The fourth-order valence-corrected chi connectivity index (χ4v) is 3.73. The van der Waals surface area contributed by atoms with Gasteiger partial charge in [-0.3, -0.25) is 9.69 Å². The van der Waals surface area contributed by atoms with Gasteiger partial charge in [-0.25, -0.2) is 0 Å². The van der Waals surface area contributed by atoms with Gasteiger partial charge in [0.05, 0.1) is 17.2 Å². The van der Waals surface area contributed by atoms with Gasteiger partial charge in [-0.15, -0.1) is 0 Å². The highest BCUT2D eigenvalue weighted by molar-refractivity contribution is 6.37. The summed E-state index contributed by atoms with van der Waals surface area (Å²) in [5, 5.41) is 3.73. The SMILES string of the molecule is COc1c(Cl)cc(C(=O)NC2CCN(Cc3ccccc3)C2)cc1Cl. The standard InChI is InChI=1S/C19H20Cl2N2O2/c1-25-18-16(20)9-14(10-17(18)21)19(24)22-15-7-8-23(12-15)11-13-5-3-2-4-6-13/h2-6,9-10,15H,7-8,11-12H2,1H3,(H,22,24). The van der Waals surface area contributed by atoms with Gasteiger partial charge in [0.2, 0.25) is 0 Å². The van der Waals surface area contributed by atoms with Gasteiger partial charge in [-0.05, 0) is 24.1 Å². The van der Waals surface area contributed by atoms with E-state index in [-0.39, 0.29) is 11.9 Å². The summed E-state index contributed by atoms with van der Waals surface area (Å²) in [6.07, 6.45) is 0.927. The van der Waals surface area contributed by atoms with Crippen molar-refractivity contribution in [1.29, 1.82) is 0 Å². The number of hydrogen-bond donors (Lipinski definition) is 1. The molecule has 1 fully saturated rings. The van der Waals surface area contributed by atoms with Crippen LogP contribution in [0, 0.1) is 0 Å². The molecule has 1 N–H and O–H groups in total. The van der Waals surface area contributed by atoms with Crippen LogP contribution in [0.1, 0.15) is 22.3 Å². The van der Waals surface area contributed by atoms with E-state index in [0.717, 1.165) is 26.1 Å². The molecular formula is C19H20Cl2N2O2. The summed E-state index contributed by atoms with van der Waals surface area (Å²) in [6.45, 7) is 2.69. The Balaban J connectivity index is 1.59. The van der Waals surface area contributed by atoms with Gasteiger partial charge in [-0.1, -0.05) is 53.5 Å². The van der Waals surface area contributed by atoms with Gasteiger partial charge in [0.1, 0.15) is 0 Å². The lowest BCUT2D eigenvalue weighted by Crippen LogP contribution is -2.37. The van der Waals surface area contributed by atoms with E-state index >= 15 is 0 Å². The van der Waals surface area contributed by atoms with Crippen molar-refractivity contribution in [3.05, 3.63) is 63.6 Å². The first-order valence-corrected chi connectivity index (χ1v) is 8.92. The highest BCUT2D eigenvalue weighted by atomic mass is 35.5.